The third-order valence-electron chi connectivity index (χ3n) is 2.59. The van der Waals surface area contributed by atoms with Gasteiger partial charge in [-0.3, -0.25) is 0 Å². The fraction of sp³-hybridized carbons (Fsp3) is 0.600. The van der Waals surface area contributed by atoms with Crippen LogP contribution in [0, 0.1) is 0 Å². The maximum atomic E-state index is 3.55. The van der Waals surface area contributed by atoms with Crippen molar-refractivity contribution in [2.24, 2.45) is 0 Å². The average Bonchev–Trinajstić information content (AvgIpc) is 2.21. The van der Waals surface area contributed by atoms with Crippen LogP contribution in [0.15, 0.2) is 23.9 Å². The Hall–Kier alpha value is -0.760. The minimum Gasteiger partial charge on any atom is -0.387 e. The standard InChI is InChI=1S/C10H16N2/c1-2-7-12-10(5-1)9-4-3-6-11-8-9/h3-4,6,10-12H,1-2,5,7-8H2/t10-/m1/s1. The summed E-state index contributed by atoms with van der Waals surface area (Å²) < 4.78 is 0. The van der Waals surface area contributed by atoms with Crippen LogP contribution in [-0.4, -0.2) is 19.1 Å². The van der Waals surface area contributed by atoms with Gasteiger partial charge in [0.05, 0.1) is 0 Å². The van der Waals surface area contributed by atoms with Crippen molar-refractivity contribution in [3.8, 4) is 0 Å². The fourth-order valence-corrected chi connectivity index (χ4v) is 1.88. The van der Waals surface area contributed by atoms with Gasteiger partial charge in [-0.2, -0.15) is 0 Å². The van der Waals surface area contributed by atoms with Crippen LogP contribution in [0.25, 0.3) is 0 Å². The van der Waals surface area contributed by atoms with Crippen LogP contribution >= 0.6 is 0 Å². The molecule has 0 bridgehead atoms. The van der Waals surface area contributed by atoms with Crippen molar-refractivity contribution in [1.29, 1.82) is 0 Å². The van der Waals surface area contributed by atoms with Crippen LogP contribution < -0.4 is 10.6 Å². The summed E-state index contributed by atoms with van der Waals surface area (Å²) in [5, 5.41) is 6.79. The highest BCUT2D eigenvalue weighted by atomic mass is 14.9. The lowest BCUT2D eigenvalue weighted by molar-refractivity contribution is 0.434. The lowest BCUT2D eigenvalue weighted by atomic mass is 9.96. The Morgan fingerprint density at radius 1 is 1.33 bits per heavy atom. The zero-order valence-corrected chi connectivity index (χ0v) is 7.34. The van der Waals surface area contributed by atoms with Gasteiger partial charge in [-0.15, -0.1) is 0 Å². The first-order chi connectivity index (χ1) is 5.97. The lowest BCUT2D eigenvalue weighted by Gasteiger charge is -2.27. The summed E-state index contributed by atoms with van der Waals surface area (Å²) in [7, 11) is 0. The summed E-state index contributed by atoms with van der Waals surface area (Å²) >= 11 is 0. The molecule has 0 radical (unpaired) electrons. The van der Waals surface area contributed by atoms with Crippen LogP contribution in [-0.2, 0) is 0 Å². The Bertz CT molecular complexity index is 200. The second kappa shape index (κ2) is 3.76. The van der Waals surface area contributed by atoms with Crippen LogP contribution in [0.1, 0.15) is 19.3 Å². The largest absolute Gasteiger partial charge is 0.387 e. The number of dihydropyridines is 1. The Balaban J connectivity index is 1.97. The van der Waals surface area contributed by atoms with E-state index in [4.69, 9.17) is 0 Å². The van der Waals surface area contributed by atoms with Crippen LogP contribution in [0.4, 0.5) is 0 Å². The van der Waals surface area contributed by atoms with Crippen LogP contribution in [0.5, 0.6) is 0 Å². The van der Waals surface area contributed by atoms with Gasteiger partial charge in [0.15, 0.2) is 0 Å². The molecular weight excluding hydrogens is 148 g/mol. The molecule has 1 fully saturated rings. The van der Waals surface area contributed by atoms with Crippen molar-refractivity contribution in [3.63, 3.8) is 0 Å². The Labute approximate surface area is 73.7 Å². The molecule has 66 valence electrons. The minimum absolute atomic E-state index is 0.635. The van der Waals surface area contributed by atoms with Crippen molar-refractivity contribution in [3.05, 3.63) is 23.9 Å². The SMILES string of the molecule is C1=CNCC([C@H]2CCCCN2)=C1. The molecule has 2 rings (SSSR count). The fourth-order valence-electron chi connectivity index (χ4n) is 1.88. The van der Waals surface area contributed by atoms with Gasteiger partial charge in [0.1, 0.15) is 0 Å². The predicted octanol–water partition coefficient (Wildman–Crippen LogP) is 1.17. The van der Waals surface area contributed by atoms with E-state index in [1.807, 2.05) is 6.20 Å². The molecule has 0 aromatic carbocycles. The quantitative estimate of drug-likeness (QED) is 0.608. The number of piperidine rings is 1. The van der Waals surface area contributed by atoms with Crippen molar-refractivity contribution in [1.82, 2.24) is 10.6 Å². The van der Waals surface area contributed by atoms with E-state index >= 15 is 0 Å². The van der Waals surface area contributed by atoms with E-state index in [0.717, 1.165) is 6.54 Å². The topological polar surface area (TPSA) is 24.1 Å². The number of hydrogen-bond donors (Lipinski definition) is 2. The molecule has 2 N–H and O–H groups in total. The first kappa shape index (κ1) is 7.87. The maximum absolute atomic E-state index is 3.55. The second-order valence-corrected chi connectivity index (χ2v) is 3.48. The summed E-state index contributed by atoms with van der Waals surface area (Å²) in [4.78, 5) is 0. The van der Waals surface area contributed by atoms with Gasteiger partial charge in [-0.25, -0.2) is 0 Å². The van der Waals surface area contributed by atoms with E-state index in [2.05, 4.69) is 22.8 Å². The number of nitrogens with one attached hydrogen (secondary N) is 2. The van der Waals surface area contributed by atoms with Crippen molar-refractivity contribution in [2.75, 3.05) is 13.1 Å². The highest BCUT2D eigenvalue weighted by molar-refractivity contribution is 5.23. The molecule has 0 amide bonds. The molecule has 2 nitrogen and oxygen atoms in total. The summed E-state index contributed by atoms with van der Waals surface area (Å²) in [6, 6.07) is 0.635. The molecule has 0 saturated carbocycles. The normalized spacial score (nSPS) is 29.3. The molecule has 0 aliphatic carbocycles. The molecule has 12 heavy (non-hydrogen) atoms. The zero-order chi connectivity index (χ0) is 8.23. The highest BCUT2D eigenvalue weighted by Crippen LogP contribution is 2.15. The van der Waals surface area contributed by atoms with Crippen molar-refractivity contribution >= 4 is 0 Å². The monoisotopic (exact) mass is 164 g/mol. The Morgan fingerprint density at radius 2 is 2.33 bits per heavy atom. The van der Waals surface area contributed by atoms with Crippen molar-refractivity contribution < 1.29 is 0 Å². The van der Waals surface area contributed by atoms with E-state index < -0.39 is 0 Å². The van der Waals surface area contributed by atoms with Gasteiger partial charge in [0.25, 0.3) is 0 Å². The molecule has 0 aromatic rings. The Kier molecular flexibility index (Phi) is 2.47. The zero-order valence-electron chi connectivity index (χ0n) is 7.34. The van der Waals surface area contributed by atoms with E-state index in [1.165, 1.54) is 31.4 Å². The highest BCUT2D eigenvalue weighted by Gasteiger charge is 2.16. The minimum atomic E-state index is 0.635. The molecule has 2 aliphatic rings. The summed E-state index contributed by atoms with van der Waals surface area (Å²) in [6.07, 6.45) is 10.4. The van der Waals surface area contributed by atoms with E-state index in [0.29, 0.717) is 6.04 Å². The van der Waals surface area contributed by atoms with Gasteiger partial charge in [0, 0.05) is 12.6 Å². The van der Waals surface area contributed by atoms with E-state index in [-0.39, 0.29) is 0 Å². The average molecular weight is 164 g/mol. The summed E-state index contributed by atoms with van der Waals surface area (Å²) in [5.74, 6) is 0. The van der Waals surface area contributed by atoms with E-state index in [9.17, 15) is 0 Å². The molecule has 2 heterocycles. The summed E-state index contributed by atoms with van der Waals surface area (Å²) in [6.45, 7) is 2.21. The van der Waals surface area contributed by atoms with Gasteiger partial charge in [-0.1, -0.05) is 12.5 Å². The maximum Gasteiger partial charge on any atom is 0.0373 e. The van der Waals surface area contributed by atoms with Crippen LogP contribution in [0.2, 0.25) is 0 Å². The third kappa shape index (κ3) is 1.69. The predicted molar refractivity (Wildman–Crippen MR) is 50.9 cm³/mol. The second-order valence-electron chi connectivity index (χ2n) is 3.48. The van der Waals surface area contributed by atoms with Gasteiger partial charge in [0.2, 0.25) is 0 Å². The smallest absolute Gasteiger partial charge is 0.0373 e. The summed E-state index contributed by atoms with van der Waals surface area (Å²) in [5.41, 5.74) is 1.51. The molecule has 0 unspecified atom stereocenters. The Morgan fingerprint density at radius 3 is 3.00 bits per heavy atom. The number of hydrogen-bond acceptors (Lipinski definition) is 2. The first-order valence-corrected chi connectivity index (χ1v) is 4.79. The van der Waals surface area contributed by atoms with E-state index in [1.54, 1.807) is 0 Å². The first-order valence-electron chi connectivity index (χ1n) is 4.79. The van der Waals surface area contributed by atoms with Gasteiger partial charge >= 0.3 is 0 Å². The molecular formula is C10H16N2. The van der Waals surface area contributed by atoms with Crippen LogP contribution in [0.3, 0.4) is 0 Å². The molecule has 1 saturated heterocycles. The number of rotatable bonds is 1. The molecule has 0 spiro atoms. The molecule has 1 atom stereocenters. The van der Waals surface area contributed by atoms with Crippen molar-refractivity contribution in [2.45, 2.75) is 25.3 Å². The van der Waals surface area contributed by atoms with Gasteiger partial charge in [-0.05, 0) is 37.2 Å². The third-order valence-corrected chi connectivity index (χ3v) is 2.59. The molecule has 0 aromatic heterocycles. The number of allylic oxidation sites excluding steroid dienone is 2. The molecule has 2 aliphatic heterocycles. The lowest BCUT2D eigenvalue weighted by Crippen LogP contribution is -2.38. The van der Waals surface area contributed by atoms with Gasteiger partial charge < -0.3 is 10.6 Å². The molecule has 2 heteroatoms.